The molecule has 1 aromatic heterocycles. The number of carboxylic acids is 1. The summed E-state index contributed by atoms with van der Waals surface area (Å²) in [6.45, 7) is 0. The number of benzene rings is 1. The zero-order chi connectivity index (χ0) is 10.1. The first-order chi connectivity index (χ1) is 6.66. The summed E-state index contributed by atoms with van der Waals surface area (Å²) < 4.78 is 13.1. The van der Waals surface area contributed by atoms with Gasteiger partial charge in [0.05, 0.1) is 5.52 Å². The van der Waals surface area contributed by atoms with Gasteiger partial charge in [-0.2, -0.15) is 0 Å². The average molecular weight is 194 g/mol. The van der Waals surface area contributed by atoms with Crippen molar-refractivity contribution in [3.63, 3.8) is 0 Å². The van der Waals surface area contributed by atoms with Gasteiger partial charge in [0.1, 0.15) is 17.8 Å². The van der Waals surface area contributed by atoms with Crippen molar-refractivity contribution in [2.75, 3.05) is 0 Å². The van der Waals surface area contributed by atoms with Crippen molar-refractivity contribution in [1.29, 1.82) is 0 Å². The molecule has 0 saturated heterocycles. The highest BCUT2D eigenvalue weighted by atomic mass is 19.1. The number of aromatic amines is 1. The number of fused-ring (bicyclic) bond motifs is 1. The Bertz CT molecular complexity index is 493. The van der Waals surface area contributed by atoms with E-state index in [1.165, 1.54) is 6.07 Å². The molecule has 5 heteroatoms. The number of H-pyrrole nitrogens is 1. The Balaban J connectivity index is 2.51. The van der Waals surface area contributed by atoms with E-state index in [0.717, 1.165) is 0 Å². The Hall–Kier alpha value is -1.91. The van der Waals surface area contributed by atoms with E-state index in [0.29, 0.717) is 5.52 Å². The SMILES string of the molecule is O=C(O)Cc1nc2c(F)cccc2[nH]1. The Morgan fingerprint density at radius 3 is 3.00 bits per heavy atom. The maximum atomic E-state index is 13.1. The van der Waals surface area contributed by atoms with E-state index < -0.39 is 11.8 Å². The molecular formula is C9H7FN2O2. The average Bonchev–Trinajstić information content (AvgIpc) is 2.47. The Morgan fingerprint density at radius 2 is 2.36 bits per heavy atom. The number of hydrogen-bond acceptors (Lipinski definition) is 2. The van der Waals surface area contributed by atoms with Crippen molar-refractivity contribution in [2.24, 2.45) is 0 Å². The molecule has 0 amide bonds. The third kappa shape index (κ3) is 1.44. The van der Waals surface area contributed by atoms with Crippen molar-refractivity contribution in [2.45, 2.75) is 6.42 Å². The molecule has 0 aliphatic carbocycles. The fourth-order valence-corrected chi connectivity index (χ4v) is 1.28. The zero-order valence-electron chi connectivity index (χ0n) is 7.12. The Kier molecular flexibility index (Phi) is 1.92. The second-order valence-corrected chi connectivity index (χ2v) is 2.89. The number of carboxylic acid groups (broad SMARTS) is 1. The molecule has 4 nitrogen and oxygen atoms in total. The Labute approximate surface area is 78.4 Å². The van der Waals surface area contributed by atoms with Crippen LogP contribution in [0.1, 0.15) is 5.82 Å². The van der Waals surface area contributed by atoms with E-state index in [1.54, 1.807) is 12.1 Å². The molecule has 0 spiro atoms. The van der Waals surface area contributed by atoms with Crippen LogP contribution in [0.25, 0.3) is 11.0 Å². The maximum Gasteiger partial charge on any atom is 0.311 e. The molecule has 2 rings (SSSR count). The van der Waals surface area contributed by atoms with Gasteiger partial charge in [0.2, 0.25) is 0 Å². The number of nitrogens with one attached hydrogen (secondary N) is 1. The van der Waals surface area contributed by atoms with Crippen LogP contribution in [0.2, 0.25) is 0 Å². The number of aliphatic carboxylic acids is 1. The summed E-state index contributed by atoms with van der Waals surface area (Å²) in [5.41, 5.74) is 0.699. The van der Waals surface area contributed by atoms with Gasteiger partial charge in [0.25, 0.3) is 0 Å². The van der Waals surface area contributed by atoms with Crippen molar-refractivity contribution < 1.29 is 14.3 Å². The van der Waals surface area contributed by atoms with Gasteiger partial charge in [-0.1, -0.05) is 6.07 Å². The van der Waals surface area contributed by atoms with Gasteiger partial charge in [-0.05, 0) is 12.1 Å². The highest BCUT2D eigenvalue weighted by Gasteiger charge is 2.08. The van der Waals surface area contributed by atoms with E-state index in [2.05, 4.69) is 9.97 Å². The lowest BCUT2D eigenvalue weighted by Crippen LogP contribution is -2.01. The fourth-order valence-electron chi connectivity index (χ4n) is 1.28. The molecule has 0 atom stereocenters. The second kappa shape index (κ2) is 3.10. The molecule has 0 saturated carbocycles. The number of carbonyl (C=O) groups is 1. The van der Waals surface area contributed by atoms with Gasteiger partial charge in [0.15, 0.2) is 5.82 Å². The number of nitrogens with zero attached hydrogens (tertiary/aromatic N) is 1. The van der Waals surface area contributed by atoms with Crippen molar-refractivity contribution in [1.82, 2.24) is 9.97 Å². The summed E-state index contributed by atoms with van der Waals surface area (Å²) >= 11 is 0. The van der Waals surface area contributed by atoms with E-state index in [9.17, 15) is 9.18 Å². The van der Waals surface area contributed by atoms with E-state index >= 15 is 0 Å². The lowest BCUT2D eigenvalue weighted by molar-refractivity contribution is -0.136. The molecule has 0 fully saturated rings. The first-order valence-electron chi connectivity index (χ1n) is 4.02. The minimum absolute atomic E-state index is 0.184. The minimum Gasteiger partial charge on any atom is -0.481 e. The monoisotopic (exact) mass is 194 g/mol. The number of para-hydroxylation sites is 1. The van der Waals surface area contributed by atoms with Crippen LogP contribution in [-0.2, 0) is 11.2 Å². The number of halogens is 1. The van der Waals surface area contributed by atoms with Gasteiger partial charge >= 0.3 is 5.97 Å². The largest absolute Gasteiger partial charge is 0.481 e. The van der Waals surface area contributed by atoms with Crippen molar-refractivity contribution >= 4 is 17.0 Å². The first kappa shape index (κ1) is 8.68. The first-order valence-corrected chi connectivity index (χ1v) is 4.02. The molecule has 2 aromatic rings. The van der Waals surface area contributed by atoms with Gasteiger partial charge < -0.3 is 10.1 Å². The molecule has 2 N–H and O–H groups in total. The van der Waals surface area contributed by atoms with Crippen LogP contribution >= 0.6 is 0 Å². The molecular weight excluding hydrogens is 187 g/mol. The molecule has 0 aliphatic rings. The zero-order valence-corrected chi connectivity index (χ0v) is 7.12. The maximum absolute atomic E-state index is 13.1. The lowest BCUT2D eigenvalue weighted by atomic mass is 10.3. The third-order valence-electron chi connectivity index (χ3n) is 1.83. The van der Waals surface area contributed by atoms with Crippen LogP contribution < -0.4 is 0 Å². The molecule has 0 bridgehead atoms. The summed E-state index contributed by atoms with van der Waals surface area (Å²) in [6, 6.07) is 4.48. The Morgan fingerprint density at radius 1 is 1.57 bits per heavy atom. The second-order valence-electron chi connectivity index (χ2n) is 2.89. The van der Waals surface area contributed by atoms with E-state index in [1.807, 2.05) is 0 Å². The predicted molar refractivity (Wildman–Crippen MR) is 47.4 cm³/mol. The smallest absolute Gasteiger partial charge is 0.311 e. The van der Waals surface area contributed by atoms with Gasteiger partial charge in [-0.3, -0.25) is 4.79 Å². The fraction of sp³-hybridized carbons (Fsp3) is 0.111. The van der Waals surface area contributed by atoms with E-state index in [-0.39, 0.29) is 17.8 Å². The summed E-state index contributed by atoms with van der Waals surface area (Å²) in [5, 5.41) is 8.51. The van der Waals surface area contributed by atoms with Gasteiger partial charge in [0, 0.05) is 0 Å². The van der Waals surface area contributed by atoms with E-state index in [4.69, 9.17) is 5.11 Å². The molecule has 1 heterocycles. The summed E-state index contributed by atoms with van der Waals surface area (Å²) in [5.74, 6) is -1.18. The molecule has 0 aliphatic heterocycles. The van der Waals surface area contributed by atoms with Crippen molar-refractivity contribution in [3.05, 3.63) is 29.8 Å². The standard InChI is InChI=1S/C9H7FN2O2/c10-5-2-1-3-6-9(5)12-7(11-6)4-8(13)14/h1-3H,4H2,(H,11,12)(H,13,14). The quantitative estimate of drug-likeness (QED) is 0.757. The summed E-state index contributed by atoms with van der Waals surface area (Å²) in [6.07, 6.45) is -0.228. The van der Waals surface area contributed by atoms with Crippen LogP contribution in [0, 0.1) is 5.82 Å². The highest BCUT2D eigenvalue weighted by molar-refractivity contribution is 5.77. The number of aromatic nitrogens is 2. The lowest BCUT2D eigenvalue weighted by Gasteiger charge is -1.86. The molecule has 0 radical (unpaired) electrons. The minimum atomic E-state index is -0.996. The molecule has 14 heavy (non-hydrogen) atoms. The van der Waals surface area contributed by atoms with Gasteiger partial charge in [-0.15, -0.1) is 0 Å². The van der Waals surface area contributed by atoms with Crippen molar-refractivity contribution in [3.8, 4) is 0 Å². The van der Waals surface area contributed by atoms with Crippen LogP contribution in [-0.4, -0.2) is 21.0 Å². The molecule has 0 unspecified atom stereocenters. The summed E-state index contributed by atoms with van der Waals surface area (Å²) in [7, 11) is 0. The van der Waals surface area contributed by atoms with Crippen LogP contribution in [0.5, 0.6) is 0 Å². The van der Waals surface area contributed by atoms with Gasteiger partial charge in [-0.25, -0.2) is 9.37 Å². The number of rotatable bonds is 2. The highest BCUT2D eigenvalue weighted by Crippen LogP contribution is 2.14. The predicted octanol–water partition coefficient (Wildman–Crippen LogP) is 1.33. The summed E-state index contributed by atoms with van der Waals surface area (Å²) in [4.78, 5) is 17.0. The van der Waals surface area contributed by atoms with Crippen LogP contribution in [0.3, 0.4) is 0 Å². The number of hydrogen-bond donors (Lipinski definition) is 2. The topological polar surface area (TPSA) is 66.0 Å². The molecule has 72 valence electrons. The van der Waals surface area contributed by atoms with Crippen LogP contribution in [0.15, 0.2) is 18.2 Å². The normalized spacial score (nSPS) is 10.6. The number of imidazole rings is 1. The van der Waals surface area contributed by atoms with Crippen LogP contribution in [0.4, 0.5) is 4.39 Å². The third-order valence-corrected chi connectivity index (χ3v) is 1.83. The molecule has 1 aromatic carbocycles.